The van der Waals surface area contributed by atoms with Crippen LogP contribution in [0.5, 0.6) is 0 Å². The maximum absolute atomic E-state index is 13.6. The van der Waals surface area contributed by atoms with Crippen molar-refractivity contribution in [2.45, 2.75) is 19.4 Å². The van der Waals surface area contributed by atoms with Crippen molar-refractivity contribution in [3.05, 3.63) is 104 Å². The Morgan fingerprint density at radius 1 is 1.00 bits per heavy atom. The van der Waals surface area contributed by atoms with E-state index in [9.17, 15) is 9.59 Å². The molecular formula is C25H20Cl3N3O2. The molecule has 0 spiro atoms. The van der Waals surface area contributed by atoms with Gasteiger partial charge in [0.1, 0.15) is 5.82 Å². The normalized spacial score (nSPS) is 12.0. The lowest BCUT2D eigenvalue weighted by Crippen LogP contribution is -2.36. The summed E-state index contributed by atoms with van der Waals surface area (Å²) < 4.78 is 1.52. The van der Waals surface area contributed by atoms with Crippen LogP contribution in [0.2, 0.25) is 15.1 Å². The van der Waals surface area contributed by atoms with Gasteiger partial charge in [-0.3, -0.25) is 14.2 Å². The van der Waals surface area contributed by atoms with Gasteiger partial charge >= 0.3 is 0 Å². The standard InChI is InChI=1S/C25H20Cl3N3O2/c1-3-22(30(2)24(32)18-12-11-16(27)14-20(18)28)23-29-21-10-5-4-9-19(21)25(33)31(23)17-8-6-7-15(26)13-17/h4-14,22H,3H2,1-2H3. The summed E-state index contributed by atoms with van der Waals surface area (Å²) in [5, 5.41) is 1.67. The number of aromatic nitrogens is 2. The van der Waals surface area contributed by atoms with Gasteiger partial charge in [0.15, 0.2) is 0 Å². The van der Waals surface area contributed by atoms with Crippen LogP contribution in [0.3, 0.4) is 0 Å². The number of hydrogen-bond acceptors (Lipinski definition) is 3. The highest BCUT2D eigenvalue weighted by molar-refractivity contribution is 6.36. The Morgan fingerprint density at radius 3 is 2.42 bits per heavy atom. The average Bonchev–Trinajstić information content (AvgIpc) is 2.79. The molecule has 0 fully saturated rings. The summed E-state index contributed by atoms with van der Waals surface area (Å²) in [5.74, 6) is 0.132. The van der Waals surface area contributed by atoms with E-state index in [4.69, 9.17) is 39.8 Å². The van der Waals surface area contributed by atoms with Gasteiger partial charge < -0.3 is 4.90 Å². The van der Waals surface area contributed by atoms with E-state index in [1.807, 2.05) is 13.0 Å². The summed E-state index contributed by atoms with van der Waals surface area (Å²) in [5.41, 5.74) is 1.21. The number of para-hydroxylation sites is 1. The van der Waals surface area contributed by atoms with E-state index in [-0.39, 0.29) is 16.5 Å². The molecule has 3 aromatic carbocycles. The minimum absolute atomic E-state index is 0.235. The second-order valence-corrected chi connectivity index (χ2v) is 8.85. The molecule has 0 aliphatic heterocycles. The van der Waals surface area contributed by atoms with Crippen molar-refractivity contribution < 1.29 is 4.79 Å². The Hall–Kier alpha value is -2.86. The molecule has 0 aliphatic carbocycles. The minimum atomic E-state index is -0.513. The lowest BCUT2D eigenvalue weighted by Gasteiger charge is -2.29. The molecule has 0 radical (unpaired) electrons. The summed E-state index contributed by atoms with van der Waals surface area (Å²) in [6.45, 7) is 1.93. The summed E-state index contributed by atoms with van der Waals surface area (Å²) in [7, 11) is 1.67. The first-order valence-corrected chi connectivity index (χ1v) is 11.4. The zero-order valence-electron chi connectivity index (χ0n) is 17.9. The summed E-state index contributed by atoms with van der Waals surface area (Å²) in [4.78, 5) is 33.3. The van der Waals surface area contributed by atoms with Gasteiger partial charge in [0, 0.05) is 17.1 Å². The van der Waals surface area contributed by atoms with Crippen LogP contribution in [0.15, 0.2) is 71.5 Å². The lowest BCUT2D eigenvalue weighted by molar-refractivity contribution is 0.0717. The Labute approximate surface area is 206 Å². The summed E-state index contributed by atoms with van der Waals surface area (Å²) in [6, 6.07) is 18.4. The number of amides is 1. The van der Waals surface area contributed by atoms with E-state index >= 15 is 0 Å². The van der Waals surface area contributed by atoms with Crippen molar-refractivity contribution in [3.8, 4) is 5.69 Å². The fraction of sp³-hybridized carbons (Fsp3) is 0.160. The average molecular weight is 501 g/mol. The van der Waals surface area contributed by atoms with Crippen molar-refractivity contribution in [2.24, 2.45) is 0 Å². The SMILES string of the molecule is CCC(c1nc2ccccc2c(=O)n1-c1cccc(Cl)c1)N(C)C(=O)c1ccc(Cl)cc1Cl. The molecular weight excluding hydrogens is 481 g/mol. The number of benzene rings is 3. The van der Waals surface area contributed by atoms with E-state index in [1.54, 1.807) is 66.5 Å². The number of fused-ring (bicyclic) bond motifs is 1. The van der Waals surface area contributed by atoms with Crippen LogP contribution >= 0.6 is 34.8 Å². The molecule has 0 bridgehead atoms. The predicted molar refractivity (Wildman–Crippen MR) is 134 cm³/mol. The van der Waals surface area contributed by atoms with Gasteiger partial charge in [0.25, 0.3) is 11.5 Å². The van der Waals surface area contributed by atoms with E-state index in [2.05, 4.69) is 0 Å². The molecule has 1 unspecified atom stereocenters. The molecule has 33 heavy (non-hydrogen) atoms. The van der Waals surface area contributed by atoms with Crippen molar-refractivity contribution >= 4 is 51.6 Å². The van der Waals surface area contributed by atoms with Crippen LogP contribution in [-0.4, -0.2) is 27.4 Å². The van der Waals surface area contributed by atoms with E-state index < -0.39 is 6.04 Å². The van der Waals surface area contributed by atoms with E-state index in [1.165, 1.54) is 10.6 Å². The Balaban J connectivity index is 1.91. The van der Waals surface area contributed by atoms with E-state index in [0.29, 0.717) is 44.4 Å². The molecule has 1 atom stereocenters. The van der Waals surface area contributed by atoms with Crippen LogP contribution in [-0.2, 0) is 0 Å². The first kappa shape index (κ1) is 23.3. The molecule has 1 amide bonds. The first-order valence-electron chi connectivity index (χ1n) is 10.3. The topological polar surface area (TPSA) is 55.2 Å². The molecule has 5 nitrogen and oxygen atoms in total. The molecule has 4 aromatic rings. The molecule has 1 heterocycles. The predicted octanol–water partition coefficient (Wildman–Crippen LogP) is 6.57. The number of hydrogen-bond donors (Lipinski definition) is 0. The maximum Gasteiger partial charge on any atom is 0.266 e. The van der Waals surface area contributed by atoms with Crippen molar-refractivity contribution in [3.63, 3.8) is 0 Å². The fourth-order valence-electron chi connectivity index (χ4n) is 3.86. The molecule has 1 aromatic heterocycles. The smallest absolute Gasteiger partial charge is 0.266 e. The Morgan fingerprint density at radius 2 is 1.73 bits per heavy atom. The third-order valence-electron chi connectivity index (χ3n) is 5.50. The van der Waals surface area contributed by atoms with Crippen LogP contribution in [0.25, 0.3) is 16.6 Å². The highest BCUT2D eigenvalue weighted by Gasteiger charge is 2.28. The largest absolute Gasteiger partial charge is 0.331 e. The molecule has 0 aliphatic rings. The molecule has 8 heteroatoms. The zero-order valence-corrected chi connectivity index (χ0v) is 20.2. The lowest BCUT2D eigenvalue weighted by atomic mass is 10.1. The van der Waals surface area contributed by atoms with Gasteiger partial charge in [0.2, 0.25) is 0 Å². The second-order valence-electron chi connectivity index (χ2n) is 7.57. The third-order valence-corrected chi connectivity index (χ3v) is 6.29. The quantitative estimate of drug-likeness (QED) is 0.311. The number of halogens is 3. The van der Waals surface area contributed by atoms with Crippen LogP contribution in [0, 0.1) is 0 Å². The Kier molecular flexibility index (Phi) is 6.75. The summed E-state index contributed by atoms with van der Waals surface area (Å²) in [6.07, 6.45) is 0.513. The first-order chi connectivity index (χ1) is 15.8. The van der Waals surface area contributed by atoms with Crippen molar-refractivity contribution in [2.75, 3.05) is 7.05 Å². The zero-order chi connectivity index (χ0) is 23.7. The van der Waals surface area contributed by atoms with Gasteiger partial charge in [-0.25, -0.2) is 4.98 Å². The van der Waals surface area contributed by atoms with Crippen LogP contribution < -0.4 is 5.56 Å². The van der Waals surface area contributed by atoms with Crippen LogP contribution in [0.1, 0.15) is 35.6 Å². The van der Waals surface area contributed by atoms with Gasteiger partial charge in [-0.15, -0.1) is 0 Å². The summed E-state index contributed by atoms with van der Waals surface area (Å²) >= 11 is 18.5. The molecule has 0 N–H and O–H groups in total. The minimum Gasteiger partial charge on any atom is -0.331 e. The van der Waals surface area contributed by atoms with Crippen molar-refractivity contribution in [1.82, 2.24) is 14.5 Å². The van der Waals surface area contributed by atoms with Crippen LogP contribution in [0.4, 0.5) is 0 Å². The van der Waals surface area contributed by atoms with Gasteiger partial charge in [-0.2, -0.15) is 0 Å². The monoisotopic (exact) mass is 499 g/mol. The van der Waals surface area contributed by atoms with E-state index in [0.717, 1.165) is 0 Å². The third kappa shape index (κ3) is 4.49. The number of nitrogens with zero attached hydrogens (tertiary/aromatic N) is 3. The highest BCUT2D eigenvalue weighted by atomic mass is 35.5. The van der Waals surface area contributed by atoms with Gasteiger partial charge in [-0.1, -0.05) is 59.9 Å². The number of rotatable bonds is 5. The second kappa shape index (κ2) is 9.56. The Bertz CT molecular complexity index is 1420. The number of carbonyl (C=O) groups excluding carboxylic acids is 1. The van der Waals surface area contributed by atoms with Crippen molar-refractivity contribution in [1.29, 1.82) is 0 Å². The number of carbonyl (C=O) groups is 1. The molecule has 168 valence electrons. The molecule has 0 saturated heterocycles. The maximum atomic E-state index is 13.6. The van der Waals surface area contributed by atoms with Gasteiger partial charge in [0.05, 0.1) is 33.2 Å². The fourth-order valence-corrected chi connectivity index (χ4v) is 4.54. The molecule has 0 saturated carbocycles. The highest BCUT2D eigenvalue weighted by Crippen LogP contribution is 2.29. The molecule has 4 rings (SSSR count). The van der Waals surface area contributed by atoms with Gasteiger partial charge in [-0.05, 0) is 55.0 Å².